The highest BCUT2D eigenvalue weighted by Gasteiger charge is 2.19. The molecule has 0 bridgehead atoms. The quantitative estimate of drug-likeness (QED) is 0.199. The molecular formula is C22H30N6O3. The third-order valence-corrected chi connectivity index (χ3v) is 5.31. The Kier molecular flexibility index (Phi) is 7.28. The fourth-order valence-electron chi connectivity index (χ4n) is 3.54. The SMILES string of the molecule is CCCCCCCCn1c(/C(C)=N/Nc2ccccc2O)nc2c1c(=O)[nH]c(=O)n2C. The highest BCUT2D eigenvalue weighted by molar-refractivity contribution is 5.98. The summed E-state index contributed by atoms with van der Waals surface area (Å²) in [5.74, 6) is 0.594. The van der Waals surface area contributed by atoms with Crippen molar-refractivity contribution in [1.82, 2.24) is 19.1 Å². The van der Waals surface area contributed by atoms with E-state index in [0.29, 0.717) is 34.9 Å². The molecule has 0 aliphatic rings. The Balaban J connectivity index is 1.95. The molecule has 0 saturated carbocycles. The van der Waals surface area contributed by atoms with Gasteiger partial charge in [-0.25, -0.2) is 9.78 Å². The highest BCUT2D eigenvalue weighted by atomic mass is 16.3. The molecule has 2 aromatic heterocycles. The molecule has 3 rings (SSSR count). The first-order chi connectivity index (χ1) is 14.9. The third-order valence-electron chi connectivity index (χ3n) is 5.31. The van der Waals surface area contributed by atoms with Gasteiger partial charge in [0, 0.05) is 13.6 Å². The number of imidazole rings is 1. The van der Waals surface area contributed by atoms with Gasteiger partial charge in [0.2, 0.25) is 0 Å². The van der Waals surface area contributed by atoms with E-state index in [0.717, 1.165) is 19.3 Å². The second-order valence-corrected chi connectivity index (χ2v) is 7.67. The minimum absolute atomic E-state index is 0.0819. The summed E-state index contributed by atoms with van der Waals surface area (Å²) in [6, 6.07) is 6.79. The molecule has 2 heterocycles. The molecule has 0 unspecified atom stereocenters. The van der Waals surface area contributed by atoms with E-state index in [4.69, 9.17) is 0 Å². The molecule has 3 N–H and O–H groups in total. The minimum Gasteiger partial charge on any atom is -0.506 e. The number of aromatic nitrogens is 4. The predicted octanol–water partition coefficient (Wildman–Crippen LogP) is 3.33. The fourth-order valence-corrected chi connectivity index (χ4v) is 3.54. The van der Waals surface area contributed by atoms with Gasteiger partial charge in [-0.1, -0.05) is 51.2 Å². The second kappa shape index (κ2) is 10.1. The van der Waals surface area contributed by atoms with Crippen molar-refractivity contribution in [3.8, 4) is 5.75 Å². The van der Waals surface area contributed by atoms with E-state index in [1.807, 2.05) is 4.57 Å². The molecule has 9 heteroatoms. The molecule has 0 aliphatic heterocycles. The van der Waals surface area contributed by atoms with Crippen molar-refractivity contribution in [2.45, 2.75) is 58.9 Å². The number of benzene rings is 1. The number of fused-ring (bicyclic) bond motifs is 1. The van der Waals surface area contributed by atoms with E-state index in [9.17, 15) is 14.7 Å². The largest absolute Gasteiger partial charge is 0.506 e. The van der Waals surface area contributed by atoms with Crippen molar-refractivity contribution in [3.63, 3.8) is 0 Å². The molecule has 0 spiro atoms. The maximum atomic E-state index is 12.6. The van der Waals surface area contributed by atoms with Crippen molar-refractivity contribution in [2.75, 3.05) is 5.43 Å². The smallest absolute Gasteiger partial charge is 0.329 e. The molecule has 9 nitrogen and oxygen atoms in total. The van der Waals surface area contributed by atoms with E-state index >= 15 is 0 Å². The Morgan fingerprint density at radius 1 is 1.16 bits per heavy atom. The third kappa shape index (κ3) is 5.04. The zero-order chi connectivity index (χ0) is 22.4. The van der Waals surface area contributed by atoms with Crippen LogP contribution in [0.25, 0.3) is 11.2 Å². The maximum absolute atomic E-state index is 12.6. The molecule has 0 atom stereocenters. The van der Waals surface area contributed by atoms with Gasteiger partial charge in [-0.15, -0.1) is 0 Å². The Hall–Kier alpha value is -3.36. The van der Waals surface area contributed by atoms with E-state index < -0.39 is 11.2 Å². The van der Waals surface area contributed by atoms with Crippen LogP contribution < -0.4 is 16.7 Å². The summed E-state index contributed by atoms with van der Waals surface area (Å²) in [6.45, 7) is 4.56. The number of unbranched alkanes of at least 4 members (excludes halogenated alkanes) is 5. The van der Waals surface area contributed by atoms with Crippen LogP contribution in [0, 0.1) is 0 Å². The number of para-hydroxylation sites is 2. The van der Waals surface area contributed by atoms with Crippen LogP contribution in [0.4, 0.5) is 5.69 Å². The van der Waals surface area contributed by atoms with Crippen LogP contribution in [0.15, 0.2) is 39.0 Å². The first-order valence-electron chi connectivity index (χ1n) is 10.7. The molecular weight excluding hydrogens is 396 g/mol. The van der Waals surface area contributed by atoms with Crippen LogP contribution in [0.2, 0.25) is 0 Å². The Morgan fingerprint density at radius 3 is 2.61 bits per heavy atom. The van der Waals surface area contributed by atoms with Gasteiger partial charge in [0.05, 0.1) is 5.69 Å². The number of anilines is 1. The molecule has 0 saturated heterocycles. The number of aromatic amines is 1. The average molecular weight is 427 g/mol. The second-order valence-electron chi connectivity index (χ2n) is 7.67. The van der Waals surface area contributed by atoms with Crippen molar-refractivity contribution in [2.24, 2.45) is 12.1 Å². The standard InChI is InChI=1S/C22H30N6O3/c1-4-5-6-7-8-11-14-28-18-20(27(3)22(31)24-21(18)30)23-19(28)15(2)25-26-16-12-9-10-13-17(16)29/h9-10,12-13,26,29H,4-8,11,14H2,1-3H3,(H,24,30,31)/b25-15+. The molecule has 31 heavy (non-hydrogen) atoms. The molecule has 0 amide bonds. The van der Waals surface area contributed by atoms with Crippen LogP contribution >= 0.6 is 0 Å². The average Bonchev–Trinajstić information content (AvgIpc) is 3.14. The van der Waals surface area contributed by atoms with Gasteiger partial charge < -0.3 is 9.67 Å². The van der Waals surface area contributed by atoms with E-state index in [1.54, 1.807) is 38.2 Å². The van der Waals surface area contributed by atoms with Crippen LogP contribution in [-0.2, 0) is 13.6 Å². The Morgan fingerprint density at radius 2 is 1.87 bits per heavy atom. The van der Waals surface area contributed by atoms with Gasteiger partial charge in [-0.3, -0.25) is 19.8 Å². The first-order valence-corrected chi connectivity index (χ1v) is 10.7. The van der Waals surface area contributed by atoms with Crippen molar-refractivity contribution >= 4 is 22.6 Å². The summed E-state index contributed by atoms with van der Waals surface area (Å²) in [5, 5.41) is 14.3. The van der Waals surface area contributed by atoms with E-state index in [1.165, 1.54) is 23.8 Å². The molecule has 166 valence electrons. The fraction of sp³-hybridized carbons (Fsp3) is 0.455. The van der Waals surface area contributed by atoms with E-state index in [-0.39, 0.29) is 5.75 Å². The zero-order valence-electron chi connectivity index (χ0n) is 18.3. The number of hydrogen-bond donors (Lipinski definition) is 3. The number of hydrazone groups is 1. The highest BCUT2D eigenvalue weighted by Crippen LogP contribution is 2.22. The summed E-state index contributed by atoms with van der Waals surface area (Å²) in [5.41, 5.74) is 3.58. The summed E-state index contributed by atoms with van der Waals surface area (Å²) in [6.07, 6.45) is 6.71. The number of aryl methyl sites for hydroxylation is 2. The summed E-state index contributed by atoms with van der Waals surface area (Å²) in [4.78, 5) is 31.6. The van der Waals surface area contributed by atoms with Crippen LogP contribution in [0.3, 0.4) is 0 Å². The maximum Gasteiger partial charge on any atom is 0.329 e. The first kappa shape index (κ1) is 22.3. The number of phenolic OH excluding ortho intramolecular Hbond substituents is 1. The number of hydrogen-bond acceptors (Lipinski definition) is 6. The van der Waals surface area contributed by atoms with Crippen molar-refractivity contribution in [3.05, 3.63) is 50.9 Å². The predicted molar refractivity (Wildman–Crippen MR) is 123 cm³/mol. The monoisotopic (exact) mass is 426 g/mol. The number of aromatic hydroxyl groups is 1. The lowest BCUT2D eigenvalue weighted by Crippen LogP contribution is -2.29. The van der Waals surface area contributed by atoms with Gasteiger partial charge in [0.1, 0.15) is 11.5 Å². The Bertz CT molecular complexity index is 1190. The Labute approximate surface area is 180 Å². The number of nitrogens with zero attached hydrogens (tertiary/aromatic N) is 4. The minimum atomic E-state index is -0.504. The van der Waals surface area contributed by atoms with Crippen molar-refractivity contribution < 1.29 is 5.11 Å². The summed E-state index contributed by atoms with van der Waals surface area (Å²) < 4.78 is 3.17. The molecule has 0 aliphatic carbocycles. The van der Waals surface area contributed by atoms with Crippen LogP contribution in [-0.4, -0.2) is 29.9 Å². The topological polar surface area (TPSA) is 117 Å². The van der Waals surface area contributed by atoms with Gasteiger partial charge in [0.25, 0.3) is 5.56 Å². The number of rotatable bonds is 10. The number of H-pyrrole nitrogens is 1. The summed E-state index contributed by atoms with van der Waals surface area (Å²) >= 11 is 0. The van der Waals surface area contributed by atoms with Gasteiger partial charge in [0.15, 0.2) is 17.0 Å². The lowest BCUT2D eigenvalue weighted by molar-refractivity contribution is 0.477. The normalized spacial score (nSPS) is 11.9. The van der Waals surface area contributed by atoms with Crippen molar-refractivity contribution in [1.29, 1.82) is 0 Å². The molecule has 0 fully saturated rings. The number of nitrogens with one attached hydrogen (secondary N) is 2. The van der Waals surface area contributed by atoms with Crippen LogP contribution in [0.5, 0.6) is 5.75 Å². The van der Waals surface area contributed by atoms with E-state index in [2.05, 4.69) is 27.4 Å². The lowest BCUT2D eigenvalue weighted by Gasteiger charge is -2.09. The molecule has 3 aromatic rings. The molecule has 0 radical (unpaired) electrons. The zero-order valence-corrected chi connectivity index (χ0v) is 18.3. The molecule has 1 aromatic carbocycles. The number of phenols is 1. The van der Waals surface area contributed by atoms with Crippen LogP contribution in [0.1, 0.15) is 58.2 Å². The summed E-state index contributed by atoms with van der Waals surface area (Å²) in [7, 11) is 1.58. The van der Waals surface area contributed by atoms with Gasteiger partial charge in [-0.2, -0.15) is 5.10 Å². The van der Waals surface area contributed by atoms with Gasteiger partial charge in [-0.05, 0) is 25.5 Å². The van der Waals surface area contributed by atoms with Gasteiger partial charge >= 0.3 is 5.69 Å². The lowest BCUT2D eigenvalue weighted by atomic mass is 10.1.